The molecule has 0 fully saturated rings. The number of amides is 1. The standard InChI is InChI=1S/C8H8Cl2N2O3S/c9-5-2-1-3-6(10)8(5)16(14,15)12-4-7(11)13/h1-3,12H,4H2,(H2,11,13). The molecule has 1 amide bonds. The highest BCUT2D eigenvalue weighted by atomic mass is 35.5. The molecule has 88 valence electrons. The molecule has 0 heterocycles. The van der Waals surface area contributed by atoms with Gasteiger partial charge in [-0.05, 0) is 12.1 Å². The average molecular weight is 283 g/mol. The zero-order chi connectivity index (χ0) is 12.3. The first kappa shape index (κ1) is 13.2. The first-order valence-corrected chi connectivity index (χ1v) is 6.30. The largest absolute Gasteiger partial charge is 0.369 e. The molecule has 0 atom stereocenters. The smallest absolute Gasteiger partial charge is 0.244 e. The Morgan fingerprint density at radius 3 is 2.25 bits per heavy atom. The van der Waals surface area contributed by atoms with Crippen LogP contribution in [0.25, 0.3) is 0 Å². The molecule has 1 rings (SSSR count). The highest BCUT2D eigenvalue weighted by molar-refractivity contribution is 7.89. The molecule has 5 nitrogen and oxygen atoms in total. The third-order valence-electron chi connectivity index (χ3n) is 1.62. The van der Waals surface area contributed by atoms with Gasteiger partial charge < -0.3 is 5.73 Å². The average Bonchev–Trinajstić information content (AvgIpc) is 2.14. The van der Waals surface area contributed by atoms with E-state index in [-0.39, 0.29) is 14.9 Å². The van der Waals surface area contributed by atoms with Gasteiger partial charge in [-0.15, -0.1) is 0 Å². The van der Waals surface area contributed by atoms with Gasteiger partial charge in [0.15, 0.2) is 0 Å². The summed E-state index contributed by atoms with van der Waals surface area (Å²) in [6.45, 7) is -0.510. The van der Waals surface area contributed by atoms with Crippen molar-refractivity contribution in [3.05, 3.63) is 28.2 Å². The van der Waals surface area contributed by atoms with Crippen molar-refractivity contribution in [2.24, 2.45) is 5.73 Å². The topological polar surface area (TPSA) is 89.3 Å². The van der Waals surface area contributed by atoms with Crippen molar-refractivity contribution in [1.82, 2.24) is 4.72 Å². The fourth-order valence-electron chi connectivity index (χ4n) is 0.978. The van der Waals surface area contributed by atoms with Crippen LogP contribution in [0.15, 0.2) is 23.1 Å². The monoisotopic (exact) mass is 282 g/mol. The number of halogens is 2. The first-order valence-electron chi connectivity index (χ1n) is 4.06. The van der Waals surface area contributed by atoms with E-state index >= 15 is 0 Å². The lowest BCUT2D eigenvalue weighted by molar-refractivity contribution is -0.116. The van der Waals surface area contributed by atoms with Crippen LogP contribution in [0.5, 0.6) is 0 Å². The normalized spacial score (nSPS) is 11.4. The Balaban J connectivity index is 3.12. The molecular weight excluding hydrogens is 275 g/mol. The maximum absolute atomic E-state index is 11.7. The number of benzene rings is 1. The molecule has 0 saturated heterocycles. The summed E-state index contributed by atoms with van der Waals surface area (Å²) in [6.07, 6.45) is 0. The van der Waals surface area contributed by atoms with Crippen molar-refractivity contribution in [3.63, 3.8) is 0 Å². The van der Waals surface area contributed by atoms with Crippen LogP contribution in [0.4, 0.5) is 0 Å². The summed E-state index contributed by atoms with van der Waals surface area (Å²) >= 11 is 11.4. The van der Waals surface area contributed by atoms with Crippen LogP contribution in [0.3, 0.4) is 0 Å². The Morgan fingerprint density at radius 2 is 1.81 bits per heavy atom. The SMILES string of the molecule is NC(=O)CNS(=O)(=O)c1c(Cl)cccc1Cl. The zero-order valence-electron chi connectivity index (χ0n) is 7.91. The summed E-state index contributed by atoms with van der Waals surface area (Å²) in [5.74, 6) is -0.799. The van der Waals surface area contributed by atoms with Gasteiger partial charge in [0.25, 0.3) is 0 Å². The van der Waals surface area contributed by atoms with E-state index in [9.17, 15) is 13.2 Å². The summed E-state index contributed by atoms with van der Waals surface area (Å²) < 4.78 is 25.4. The third kappa shape index (κ3) is 3.08. The Hall–Kier alpha value is -0.820. The Morgan fingerprint density at radius 1 is 1.31 bits per heavy atom. The lowest BCUT2D eigenvalue weighted by Gasteiger charge is -2.08. The van der Waals surface area contributed by atoms with Gasteiger partial charge in [0.1, 0.15) is 4.90 Å². The Kier molecular flexibility index (Phi) is 4.15. The first-order chi connectivity index (χ1) is 7.34. The molecule has 1 aromatic rings. The van der Waals surface area contributed by atoms with E-state index in [0.717, 1.165) is 0 Å². The van der Waals surface area contributed by atoms with Crippen LogP contribution in [0, 0.1) is 0 Å². The predicted octanol–water partition coefficient (Wildman–Crippen LogP) is 0.757. The van der Waals surface area contributed by atoms with Gasteiger partial charge in [0.2, 0.25) is 15.9 Å². The summed E-state index contributed by atoms with van der Waals surface area (Å²) in [5.41, 5.74) is 4.82. The van der Waals surface area contributed by atoms with Gasteiger partial charge in [-0.25, -0.2) is 13.1 Å². The van der Waals surface area contributed by atoms with Crippen molar-refractivity contribution in [1.29, 1.82) is 0 Å². The summed E-state index contributed by atoms with van der Waals surface area (Å²) in [6, 6.07) is 4.27. The molecule has 1 aromatic carbocycles. The number of sulfonamides is 1. The van der Waals surface area contributed by atoms with Crippen LogP contribution in [0.1, 0.15) is 0 Å². The number of rotatable bonds is 4. The van der Waals surface area contributed by atoms with E-state index in [2.05, 4.69) is 0 Å². The summed E-state index contributed by atoms with van der Waals surface area (Å²) in [5, 5.41) is -0.0473. The molecule has 0 unspecified atom stereocenters. The Bertz CT molecular complexity index is 496. The molecule has 0 aliphatic carbocycles. The third-order valence-corrected chi connectivity index (χ3v) is 3.98. The van der Waals surface area contributed by atoms with Gasteiger partial charge in [-0.2, -0.15) is 0 Å². The molecule has 16 heavy (non-hydrogen) atoms. The van der Waals surface area contributed by atoms with Gasteiger partial charge in [-0.3, -0.25) is 4.79 Å². The molecule has 0 aromatic heterocycles. The van der Waals surface area contributed by atoms with Crippen molar-refractivity contribution < 1.29 is 13.2 Å². The fourth-order valence-corrected chi connectivity index (χ4v) is 3.11. The minimum atomic E-state index is -3.93. The number of nitrogens with two attached hydrogens (primary N) is 1. The number of primary amides is 1. The van der Waals surface area contributed by atoms with E-state index in [1.165, 1.54) is 18.2 Å². The van der Waals surface area contributed by atoms with E-state index in [0.29, 0.717) is 0 Å². The molecule has 0 spiro atoms. The van der Waals surface area contributed by atoms with Crippen LogP contribution >= 0.6 is 23.2 Å². The van der Waals surface area contributed by atoms with E-state index in [4.69, 9.17) is 28.9 Å². The molecule has 0 saturated carbocycles. The van der Waals surface area contributed by atoms with Gasteiger partial charge in [0.05, 0.1) is 16.6 Å². The van der Waals surface area contributed by atoms with E-state index < -0.39 is 22.5 Å². The quantitative estimate of drug-likeness (QED) is 0.854. The van der Waals surface area contributed by atoms with Crippen LogP contribution in [-0.2, 0) is 14.8 Å². The molecule has 3 N–H and O–H groups in total. The van der Waals surface area contributed by atoms with Crippen molar-refractivity contribution in [3.8, 4) is 0 Å². The van der Waals surface area contributed by atoms with Crippen LogP contribution in [-0.4, -0.2) is 20.9 Å². The van der Waals surface area contributed by atoms with Gasteiger partial charge in [0, 0.05) is 0 Å². The highest BCUT2D eigenvalue weighted by Gasteiger charge is 2.21. The fraction of sp³-hybridized carbons (Fsp3) is 0.125. The second kappa shape index (κ2) is 5.01. The van der Waals surface area contributed by atoms with E-state index in [1.807, 2.05) is 4.72 Å². The zero-order valence-corrected chi connectivity index (χ0v) is 10.2. The van der Waals surface area contributed by atoms with Crippen LogP contribution < -0.4 is 10.5 Å². The lowest BCUT2D eigenvalue weighted by atomic mass is 10.4. The molecule has 0 radical (unpaired) electrons. The van der Waals surface area contributed by atoms with Crippen molar-refractivity contribution in [2.45, 2.75) is 4.90 Å². The van der Waals surface area contributed by atoms with Crippen molar-refractivity contribution >= 4 is 39.1 Å². The minimum Gasteiger partial charge on any atom is -0.369 e. The Labute approximate surface area is 103 Å². The molecular formula is C8H8Cl2N2O3S. The minimum absolute atomic E-state index is 0.0236. The van der Waals surface area contributed by atoms with Crippen molar-refractivity contribution in [2.75, 3.05) is 6.54 Å². The van der Waals surface area contributed by atoms with Gasteiger partial charge >= 0.3 is 0 Å². The lowest BCUT2D eigenvalue weighted by Crippen LogP contribution is -2.33. The second-order valence-corrected chi connectivity index (χ2v) is 5.36. The van der Waals surface area contributed by atoms with Crippen LogP contribution in [0.2, 0.25) is 10.0 Å². The molecule has 8 heteroatoms. The summed E-state index contributed by atoms with van der Waals surface area (Å²) in [7, 11) is -3.93. The number of carbonyl (C=O) groups excluding carboxylic acids is 1. The predicted molar refractivity (Wildman–Crippen MR) is 60.8 cm³/mol. The molecule has 0 aliphatic heterocycles. The maximum atomic E-state index is 11.7. The number of hydrogen-bond donors (Lipinski definition) is 2. The summed E-state index contributed by atoms with van der Waals surface area (Å²) in [4.78, 5) is 10.2. The van der Waals surface area contributed by atoms with Gasteiger partial charge in [-0.1, -0.05) is 29.3 Å². The number of hydrogen-bond acceptors (Lipinski definition) is 3. The highest BCUT2D eigenvalue weighted by Crippen LogP contribution is 2.28. The van der Waals surface area contributed by atoms with E-state index in [1.54, 1.807) is 0 Å². The number of nitrogens with one attached hydrogen (secondary N) is 1. The molecule has 0 aliphatic rings. The number of carbonyl (C=O) groups is 1. The maximum Gasteiger partial charge on any atom is 0.244 e. The second-order valence-electron chi connectivity index (χ2n) is 2.84. The molecule has 0 bridgehead atoms.